The Kier molecular flexibility index (Phi) is 6.11. The molecular weight excluding hydrogens is 368 g/mol. The number of benzene rings is 2. The monoisotopic (exact) mass is 396 g/mol. The molecule has 0 radical (unpaired) electrons. The summed E-state index contributed by atoms with van der Waals surface area (Å²) in [5.74, 6) is 1.26. The highest BCUT2D eigenvalue weighted by Gasteiger charge is 2.27. The second kappa shape index (κ2) is 8.55. The van der Waals surface area contributed by atoms with Crippen LogP contribution in [0.5, 0.6) is 11.5 Å². The normalized spacial score (nSPS) is 13.5. The summed E-state index contributed by atoms with van der Waals surface area (Å²) in [6.45, 7) is 8.62. The SMILES string of the molecule is Cc1ccc(OCCCN2C(=O)COc3ccc(NC(=O)C(C)(C)C)cc32)cc1. The Hall–Kier alpha value is -3.02. The molecule has 1 heterocycles. The maximum absolute atomic E-state index is 12.4. The first kappa shape index (κ1) is 20.7. The van der Waals surface area contributed by atoms with Gasteiger partial charge in [0.2, 0.25) is 5.91 Å². The molecule has 0 bridgehead atoms. The lowest BCUT2D eigenvalue weighted by Gasteiger charge is -2.30. The summed E-state index contributed by atoms with van der Waals surface area (Å²) in [6.07, 6.45) is 0.678. The molecular formula is C23H28N2O4. The van der Waals surface area contributed by atoms with Crippen LogP contribution >= 0.6 is 0 Å². The molecule has 2 aromatic carbocycles. The van der Waals surface area contributed by atoms with Crippen LogP contribution in [0.3, 0.4) is 0 Å². The molecule has 0 atom stereocenters. The van der Waals surface area contributed by atoms with Gasteiger partial charge in [0.1, 0.15) is 11.5 Å². The van der Waals surface area contributed by atoms with Crippen LogP contribution in [-0.4, -0.2) is 31.6 Å². The number of carbonyl (C=O) groups is 2. The molecule has 0 saturated heterocycles. The second-order valence-corrected chi connectivity index (χ2v) is 8.24. The van der Waals surface area contributed by atoms with Crippen LogP contribution in [0.2, 0.25) is 0 Å². The summed E-state index contributed by atoms with van der Waals surface area (Å²) >= 11 is 0. The second-order valence-electron chi connectivity index (χ2n) is 8.24. The Balaban J connectivity index is 1.65. The van der Waals surface area contributed by atoms with Crippen molar-refractivity contribution in [1.29, 1.82) is 0 Å². The number of nitrogens with zero attached hydrogens (tertiary/aromatic N) is 1. The molecule has 0 unspecified atom stereocenters. The van der Waals surface area contributed by atoms with Gasteiger partial charge in [0, 0.05) is 17.6 Å². The van der Waals surface area contributed by atoms with E-state index < -0.39 is 5.41 Å². The third kappa shape index (κ3) is 5.28. The number of hydrogen-bond acceptors (Lipinski definition) is 4. The Morgan fingerprint density at radius 3 is 2.59 bits per heavy atom. The van der Waals surface area contributed by atoms with Crippen molar-refractivity contribution >= 4 is 23.2 Å². The van der Waals surface area contributed by atoms with Gasteiger partial charge in [0.25, 0.3) is 5.91 Å². The molecule has 6 heteroatoms. The number of hydrogen-bond donors (Lipinski definition) is 1. The van der Waals surface area contributed by atoms with Crippen LogP contribution < -0.4 is 19.7 Å². The van der Waals surface area contributed by atoms with Gasteiger partial charge < -0.3 is 19.7 Å². The quantitative estimate of drug-likeness (QED) is 0.744. The van der Waals surface area contributed by atoms with Gasteiger partial charge in [0.15, 0.2) is 6.61 Å². The van der Waals surface area contributed by atoms with Crippen LogP contribution in [0.25, 0.3) is 0 Å². The highest BCUT2D eigenvalue weighted by atomic mass is 16.5. The first-order valence-electron chi connectivity index (χ1n) is 9.82. The first-order valence-corrected chi connectivity index (χ1v) is 9.82. The van der Waals surface area contributed by atoms with Crippen molar-refractivity contribution in [2.24, 2.45) is 5.41 Å². The number of nitrogens with one attached hydrogen (secondary N) is 1. The van der Waals surface area contributed by atoms with E-state index in [1.807, 2.05) is 52.0 Å². The van der Waals surface area contributed by atoms with E-state index in [2.05, 4.69) is 5.32 Å². The van der Waals surface area contributed by atoms with Crippen LogP contribution in [-0.2, 0) is 9.59 Å². The lowest BCUT2D eigenvalue weighted by atomic mass is 9.95. The molecule has 2 amide bonds. The van der Waals surface area contributed by atoms with Gasteiger partial charge in [-0.25, -0.2) is 0 Å². The molecule has 0 spiro atoms. The maximum Gasteiger partial charge on any atom is 0.265 e. The van der Waals surface area contributed by atoms with E-state index in [9.17, 15) is 9.59 Å². The molecule has 0 fully saturated rings. The van der Waals surface area contributed by atoms with Gasteiger partial charge in [-0.15, -0.1) is 0 Å². The van der Waals surface area contributed by atoms with Crippen LogP contribution in [0, 0.1) is 12.3 Å². The fourth-order valence-electron chi connectivity index (χ4n) is 2.89. The molecule has 6 nitrogen and oxygen atoms in total. The van der Waals surface area contributed by atoms with Gasteiger partial charge >= 0.3 is 0 Å². The Morgan fingerprint density at radius 2 is 1.90 bits per heavy atom. The summed E-state index contributed by atoms with van der Waals surface area (Å²) in [6, 6.07) is 13.3. The third-order valence-corrected chi connectivity index (χ3v) is 4.66. The zero-order valence-electron chi connectivity index (χ0n) is 17.5. The van der Waals surface area contributed by atoms with Gasteiger partial charge in [-0.3, -0.25) is 9.59 Å². The lowest BCUT2D eigenvalue weighted by Crippen LogP contribution is -2.40. The fraction of sp³-hybridized carbons (Fsp3) is 0.391. The molecule has 154 valence electrons. The Morgan fingerprint density at radius 1 is 1.17 bits per heavy atom. The number of amides is 2. The van der Waals surface area contributed by atoms with Gasteiger partial charge in [-0.2, -0.15) is 0 Å². The number of anilines is 2. The van der Waals surface area contributed by atoms with Crippen molar-refractivity contribution in [2.45, 2.75) is 34.1 Å². The van der Waals surface area contributed by atoms with Crippen molar-refractivity contribution < 1.29 is 19.1 Å². The van der Waals surface area contributed by atoms with E-state index in [1.165, 1.54) is 5.56 Å². The standard InChI is InChI=1S/C23H28N2O4/c1-16-6-9-18(10-7-16)28-13-5-12-25-19-14-17(24-22(27)23(2,3)4)8-11-20(19)29-15-21(25)26/h6-11,14H,5,12-13,15H2,1-4H3,(H,24,27). The van der Waals surface area contributed by atoms with Crippen LogP contribution in [0.15, 0.2) is 42.5 Å². The first-order chi connectivity index (χ1) is 13.7. The molecule has 0 saturated carbocycles. The van der Waals surface area contributed by atoms with E-state index in [0.717, 1.165) is 5.75 Å². The van der Waals surface area contributed by atoms with Gasteiger partial charge in [-0.1, -0.05) is 38.5 Å². The number of rotatable bonds is 6. The predicted octanol–water partition coefficient (Wildman–Crippen LogP) is 4.17. The number of fused-ring (bicyclic) bond motifs is 1. The van der Waals surface area contributed by atoms with Crippen molar-refractivity contribution in [3.8, 4) is 11.5 Å². The van der Waals surface area contributed by atoms with E-state index in [4.69, 9.17) is 9.47 Å². The smallest absolute Gasteiger partial charge is 0.265 e. The van der Waals surface area contributed by atoms with Crippen molar-refractivity contribution in [1.82, 2.24) is 0 Å². The van der Waals surface area contributed by atoms with Crippen molar-refractivity contribution in [3.63, 3.8) is 0 Å². The summed E-state index contributed by atoms with van der Waals surface area (Å²) in [5.41, 5.74) is 1.99. The fourth-order valence-corrected chi connectivity index (χ4v) is 2.89. The molecule has 3 rings (SSSR count). The minimum atomic E-state index is -0.505. The Labute approximate surface area is 171 Å². The zero-order valence-corrected chi connectivity index (χ0v) is 17.5. The summed E-state index contributed by atoms with van der Waals surface area (Å²) in [5, 5.41) is 2.90. The summed E-state index contributed by atoms with van der Waals surface area (Å²) in [4.78, 5) is 26.4. The minimum Gasteiger partial charge on any atom is -0.494 e. The largest absolute Gasteiger partial charge is 0.494 e. The summed E-state index contributed by atoms with van der Waals surface area (Å²) < 4.78 is 11.3. The van der Waals surface area contributed by atoms with Gasteiger partial charge in [0.05, 0.1) is 12.3 Å². The molecule has 2 aromatic rings. The highest BCUT2D eigenvalue weighted by Crippen LogP contribution is 2.35. The van der Waals surface area contributed by atoms with Crippen molar-refractivity contribution in [3.05, 3.63) is 48.0 Å². The van der Waals surface area contributed by atoms with Crippen LogP contribution in [0.4, 0.5) is 11.4 Å². The molecule has 29 heavy (non-hydrogen) atoms. The highest BCUT2D eigenvalue weighted by molar-refractivity contribution is 6.00. The number of carbonyl (C=O) groups excluding carboxylic acids is 2. The Bertz CT molecular complexity index is 885. The maximum atomic E-state index is 12.4. The zero-order chi connectivity index (χ0) is 21.0. The molecule has 1 N–H and O–H groups in total. The number of ether oxygens (including phenoxy) is 2. The molecule has 0 aromatic heterocycles. The van der Waals surface area contributed by atoms with E-state index >= 15 is 0 Å². The van der Waals surface area contributed by atoms with E-state index in [1.54, 1.807) is 23.1 Å². The average molecular weight is 396 g/mol. The third-order valence-electron chi connectivity index (χ3n) is 4.66. The predicted molar refractivity (Wildman–Crippen MR) is 114 cm³/mol. The van der Waals surface area contributed by atoms with Crippen LogP contribution in [0.1, 0.15) is 32.8 Å². The van der Waals surface area contributed by atoms with E-state index in [0.29, 0.717) is 36.7 Å². The minimum absolute atomic E-state index is 0.0134. The van der Waals surface area contributed by atoms with Gasteiger partial charge in [-0.05, 0) is 43.7 Å². The number of aryl methyl sites for hydroxylation is 1. The topological polar surface area (TPSA) is 67.9 Å². The molecule has 0 aliphatic carbocycles. The summed E-state index contributed by atoms with van der Waals surface area (Å²) in [7, 11) is 0. The lowest BCUT2D eigenvalue weighted by molar-refractivity contribution is -0.123. The molecule has 1 aliphatic heterocycles. The van der Waals surface area contributed by atoms with E-state index in [-0.39, 0.29) is 18.4 Å². The van der Waals surface area contributed by atoms with Crippen molar-refractivity contribution in [2.75, 3.05) is 30.0 Å². The average Bonchev–Trinajstić information content (AvgIpc) is 2.67. The molecule has 1 aliphatic rings.